The van der Waals surface area contributed by atoms with Gasteiger partial charge in [-0.15, -0.1) is 0 Å². The molecule has 0 radical (unpaired) electrons. The van der Waals surface area contributed by atoms with Gasteiger partial charge in [-0.25, -0.2) is 0 Å². The molecule has 5 nitrogen and oxygen atoms in total. The van der Waals surface area contributed by atoms with E-state index in [1.54, 1.807) is 0 Å². The average Bonchev–Trinajstić information content (AvgIpc) is 0.715. The molecule has 11 aromatic carbocycles. The predicted molar refractivity (Wildman–Crippen MR) is 371 cm³/mol. The Bertz CT molecular complexity index is 4630. The highest BCUT2D eigenvalue weighted by Crippen LogP contribution is 2.58. The molecule has 0 atom stereocenters. The lowest BCUT2D eigenvalue weighted by Crippen LogP contribution is -2.62. The van der Waals surface area contributed by atoms with Crippen LogP contribution >= 0.6 is 0 Å². The van der Waals surface area contributed by atoms with Gasteiger partial charge in [0.15, 0.2) is 0 Å². The molecule has 0 bridgehead atoms. The molecule has 4 aliphatic heterocycles. The van der Waals surface area contributed by atoms with E-state index < -0.39 is 0 Å². The molecule has 4 aliphatic rings. The summed E-state index contributed by atoms with van der Waals surface area (Å²) in [7, 11) is 0. The lowest BCUT2D eigenvalue weighted by molar-refractivity contribution is 0.486. The van der Waals surface area contributed by atoms with Crippen molar-refractivity contribution < 1.29 is 9.47 Å². The van der Waals surface area contributed by atoms with Gasteiger partial charge >= 0.3 is 0 Å². The molecule has 0 spiro atoms. The second-order valence-corrected chi connectivity index (χ2v) is 28.9. The van der Waals surface area contributed by atoms with Crippen LogP contribution in [-0.2, 0) is 21.7 Å². The second kappa shape index (κ2) is 19.0. The van der Waals surface area contributed by atoms with Crippen molar-refractivity contribution in [3.8, 4) is 73.2 Å². The fourth-order valence-electron chi connectivity index (χ4n) is 14.5. The molecule has 5 heterocycles. The molecule has 16 rings (SSSR count). The molecule has 0 amide bonds. The molecule has 88 heavy (non-hydrogen) atoms. The van der Waals surface area contributed by atoms with Crippen molar-refractivity contribution in [2.24, 2.45) is 0 Å². The molecule has 0 unspecified atom stereocenters. The van der Waals surface area contributed by atoms with E-state index in [2.05, 4.69) is 316 Å². The van der Waals surface area contributed by atoms with E-state index in [9.17, 15) is 0 Å². The van der Waals surface area contributed by atoms with Crippen LogP contribution in [0.5, 0.6) is 23.0 Å². The number of fused-ring (bicyclic) bond motifs is 19. The molecular formula is C82H72BN3O2. The van der Waals surface area contributed by atoms with Crippen molar-refractivity contribution in [2.75, 3.05) is 9.80 Å². The minimum absolute atomic E-state index is 0.155. The van der Waals surface area contributed by atoms with Gasteiger partial charge < -0.3 is 23.8 Å². The Morgan fingerprint density at radius 3 is 1.00 bits per heavy atom. The number of hydrogen-bond donors (Lipinski definition) is 0. The smallest absolute Gasteiger partial charge is 0.252 e. The Morgan fingerprint density at radius 2 is 0.625 bits per heavy atom. The van der Waals surface area contributed by atoms with Gasteiger partial charge in [0.25, 0.3) is 6.71 Å². The molecule has 0 saturated heterocycles. The molecular weight excluding hydrogens is 1070 g/mol. The molecule has 0 N–H and O–H groups in total. The number of anilines is 6. The molecule has 0 fully saturated rings. The number of hydrogen-bond acceptors (Lipinski definition) is 4. The Kier molecular flexibility index (Phi) is 11.6. The Labute approximate surface area is 518 Å². The third-order valence-electron chi connectivity index (χ3n) is 19.2. The van der Waals surface area contributed by atoms with Gasteiger partial charge in [0.2, 0.25) is 0 Å². The van der Waals surface area contributed by atoms with Crippen molar-refractivity contribution in [3.63, 3.8) is 0 Å². The summed E-state index contributed by atoms with van der Waals surface area (Å²) in [5, 5.41) is 2.43. The Hall–Kier alpha value is -9.52. The highest BCUT2D eigenvalue weighted by Gasteiger charge is 2.48. The van der Waals surface area contributed by atoms with Gasteiger partial charge in [0.1, 0.15) is 23.0 Å². The number of para-hydroxylation sites is 6. The normalized spacial score (nSPS) is 13.8. The zero-order valence-corrected chi connectivity index (χ0v) is 52.5. The van der Waals surface area contributed by atoms with Crippen LogP contribution in [0.2, 0.25) is 0 Å². The summed E-state index contributed by atoms with van der Waals surface area (Å²) in [5.74, 6) is 3.25. The Morgan fingerprint density at radius 1 is 0.295 bits per heavy atom. The number of benzene rings is 11. The summed E-state index contributed by atoms with van der Waals surface area (Å²) in [6.45, 7) is 27.9. The molecule has 0 saturated carbocycles. The van der Waals surface area contributed by atoms with Gasteiger partial charge in [-0.05, 0) is 145 Å². The fourth-order valence-corrected chi connectivity index (χ4v) is 14.5. The number of rotatable bonds is 1. The van der Waals surface area contributed by atoms with Gasteiger partial charge in [0, 0.05) is 78.0 Å². The van der Waals surface area contributed by atoms with Gasteiger partial charge in [-0.3, -0.25) is 0 Å². The van der Waals surface area contributed by atoms with Gasteiger partial charge in [0.05, 0.1) is 28.1 Å². The third kappa shape index (κ3) is 8.20. The molecule has 430 valence electrons. The average molecular weight is 1140 g/mol. The summed E-state index contributed by atoms with van der Waals surface area (Å²) in [6.07, 6.45) is 0. The maximum Gasteiger partial charge on any atom is 0.252 e. The topological polar surface area (TPSA) is 29.9 Å². The number of nitrogens with zero attached hydrogens (tertiary/aromatic N) is 3. The first-order valence-electron chi connectivity index (χ1n) is 31.3. The van der Waals surface area contributed by atoms with Crippen LogP contribution in [0.15, 0.2) is 218 Å². The second-order valence-electron chi connectivity index (χ2n) is 28.9. The van der Waals surface area contributed by atoms with Crippen LogP contribution in [-0.4, -0.2) is 11.3 Å². The van der Waals surface area contributed by atoms with Crippen molar-refractivity contribution >= 4 is 79.0 Å². The van der Waals surface area contributed by atoms with Crippen LogP contribution in [0, 0.1) is 0 Å². The quantitative estimate of drug-likeness (QED) is 0.153. The minimum atomic E-state index is -0.266. The predicted octanol–water partition coefficient (Wildman–Crippen LogP) is 20.9. The highest BCUT2D eigenvalue weighted by atomic mass is 16.5. The van der Waals surface area contributed by atoms with Crippen molar-refractivity contribution in [2.45, 2.75) is 105 Å². The van der Waals surface area contributed by atoms with E-state index >= 15 is 0 Å². The standard InChI is InChI=1S/C82H72BN3O2/c1-79(2,3)49-37-39-68-60(41-49)56-27-15-21-33-72(56)87-74-35-23-17-29-58(74)62-43-51(81(7,8)9)45-64-77(62)85(68)70-47-53(84-66-31-19-13-25-54(66)55-26-14-20-32-67(55)84)48-71-76(70)83(64)65-46-52(82(10,11)12)44-63-59-30-18-24-36-75(59)88-73-34-22-16-28-57(73)61-42-50(80(4,5)6)38-40-69(61)86(71)78(63)65/h13-48H,1-12H3. The van der Waals surface area contributed by atoms with E-state index in [1.807, 2.05) is 0 Å². The first kappa shape index (κ1) is 53.9. The van der Waals surface area contributed by atoms with E-state index in [0.717, 1.165) is 118 Å². The molecule has 12 aromatic rings. The summed E-state index contributed by atoms with van der Waals surface area (Å²) in [6, 6.07) is 82.4. The molecule has 0 aliphatic carbocycles. The molecule has 1 aromatic heterocycles. The Balaban J connectivity index is 1.17. The van der Waals surface area contributed by atoms with Crippen molar-refractivity contribution in [1.82, 2.24) is 4.57 Å². The van der Waals surface area contributed by atoms with Gasteiger partial charge in [-0.1, -0.05) is 217 Å². The van der Waals surface area contributed by atoms with E-state index in [0.29, 0.717) is 0 Å². The summed E-state index contributed by atoms with van der Waals surface area (Å²) in [4.78, 5) is 5.38. The summed E-state index contributed by atoms with van der Waals surface area (Å²) < 4.78 is 17.3. The maximum atomic E-state index is 7.40. The van der Waals surface area contributed by atoms with Gasteiger partial charge in [-0.2, -0.15) is 0 Å². The van der Waals surface area contributed by atoms with E-state index in [1.165, 1.54) is 49.4 Å². The molecule has 6 heteroatoms. The van der Waals surface area contributed by atoms with Crippen LogP contribution in [0.25, 0.3) is 72.0 Å². The van der Waals surface area contributed by atoms with Crippen molar-refractivity contribution in [1.29, 1.82) is 0 Å². The summed E-state index contributed by atoms with van der Waals surface area (Å²) >= 11 is 0. The zero-order chi connectivity index (χ0) is 60.5. The number of ether oxygens (including phenoxy) is 2. The minimum Gasteiger partial charge on any atom is -0.456 e. The van der Waals surface area contributed by atoms with E-state index in [-0.39, 0.29) is 28.4 Å². The van der Waals surface area contributed by atoms with E-state index in [4.69, 9.17) is 9.47 Å². The largest absolute Gasteiger partial charge is 0.456 e. The van der Waals surface area contributed by atoms with Crippen molar-refractivity contribution in [3.05, 3.63) is 241 Å². The van der Waals surface area contributed by atoms with Crippen LogP contribution in [0.1, 0.15) is 105 Å². The van der Waals surface area contributed by atoms with Crippen LogP contribution in [0.3, 0.4) is 0 Å². The first-order chi connectivity index (χ1) is 42.2. The fraction of sp³-hybridized carbons (Fsp3) is 0.195. The van der Waals surface area contributed by atoms with Crippen LogP contribution in [0.4, 0.5) is 34.1 Å². The van der Waals surface area contributed by atoms with Crippen LogP contribution < -0.4 is 35.7 Å². The number of aromatic nitrogens is 1. The lowest BCUT2D eigenvalue weighted by atomic mass is 9.32. The first-order valence-corrected chi connectivity index (χ1v) is 31.3. The summed E-state index contributed by atoms with van der Waals surface area (Å²) in [5.41, 5.74) is 26.6. The third-order valence-corrected chi connectivity index (χ3v) is 19.2. The monoisotopic (exact) mass is 1140 g/mol. The maximum absolute atomic E-state index is 7.40. The SMILES string of the molecule is CC(C)(C)c1ccc2c(c1)-c1ccccc1Oc1ccccc1-c1cc(C(C)(C)C)cc3c1N2c1cc(-n2c4ccccc4c4ccccc42)cc2c1B3c1cc(C(C)(C)C)cc3c1N2c1ccc(C(C)(C)C)cc1-c1ccccc1Oc1ccccc1-3. The zero-order valence-electron chi connectivity index (χ0n) is 52.5. The lowest BCUT2D eigenvalue weighted by Gasteiger charge is -2.47. The highest BCUT2D eigenvalue weighted by molar-refractivity contribution is 7.00.